The smallest absolute Gasteiger partial charge is 0.232 e. The zero-order valence-corrected chi connectivity index (χ0v) is 15.7. The highest BCUT2D eigenvalue weighted by atomic mass is 35.5. The Morgan fingerprint density at radius 3 is 2.43 bits per heavy atom. The van der Waals surface area contributed by atoms with Crippen molar-refractivity contribution in [3.8, 4) is 0 Å². The van der Waals surface area contributed by atoms with E-state index in [1.54, 1.807) is 6.07 Å². The molecule has 0 aromatic heterocycles. The fraction of sp³-hybridized carbons (Fsp3) is 0.500. The number of carbonyl (C=O) groups is 1. The highest BCUT2D eigenvalue weighted by molar-refractivity contribution is 7.92. The number of sulfonamides is 1. The second-order valence-electron chi connectivity index (χ2n) is 5.33. The molecule has 0 unspecified atom stereocenters. The van der Waals surface area contributed by atoms with Crippen LogP contribution in [-0.4, -0.2) is 59.2 Å². The summed E-state index contributed by atoms with van der Waals surface area (Å²) >= 11 is 12.0. The maximum Gasteiger partial charge on any atom is 0.232 e. The number of likely N-dealkylation sites (N-methyl/N-ethyl adjacent to an activating group) is 1. The maximum atomic E-state index is 12.0. The number of amides is 1. The van der Waals surface area contributed by atoms with E-state index in [1.165, 1.54) is 12.1 Å². The van der Waals surface area contributed by atoms with E-state index in [0.717, 1.165) is 10.6 Å². The highest BCUT2D eigenvalue weighted by Crippen LogP contribution is 2.30. The van der Waals surface area contributed by atoms with E-state index in [4.69, 9.17) is 23.2 Å². The molecule has 1 aromatic rings. The van der Waals surface area contributed by atoms with E-state index >= 15 is 0 Å². The first-order valence-electron chi connectivity index (χ1n) is 6.95. The largest absolute Gasteiger partial charge is 0.355 e. The van der Waals surface area contributed by atoms with Gasteiger partial charge in [0, 0.05) is 31.1 Å². The Balaban J connectivity index is 2.78. The average molecular weight is 382 g/mol. The van der Waals surface area contributed by atoms with Gasteiger partial charge in [0.2, 0.25) is 15.9 Å². The predicted octanol–water partition coefficient (Wildman–Crippen LogP) is 1.83. The lowest BCUT2D eigenvalue weighted by Crippen LogP contribution is -2.36. The molecule has 0 radical (unpaired) electrons. The van der Waals surface area contributed by atoms with Crippen molar-refractivity contribution in [1.29, 1.82) is 0 Å². The molecule has 0 saturated carbocycles. The van der Waals surface area contributed by atoms with Crippen molar-refractivity contribution in [3.05, 3.63) is 28.2 Å². The minimum absolute atomic E-state index is 0.00725. The van der Waals surface area contributed by atoms with Gasteiger partial charge in [-0.3, -0.25) is 9.10 Å². The second kappa shape index (κ2) is 8.73. The van der Waals surface area contributed by atoms with E-state index in [-0.39, 0.29) is 29.6 Å². The van der Waals surface area contributed by atoms with Gasteiger partial charge in [-0.2, -0.15) is 0 Å². The SMILES string of the molecule is CN(C)CCNC(=O)CCN(c1cc(Cl)ccc1Cl)S(C)(=O)=O. The van der Waals surface area contributed by atoms with Crippen molar-refractivity contribution < 1.29 is 13.2 Å². The number of halogens is 2. The fourth-order valence-electron chi connectivity index (χ4n) is 1.85. The van der Waals surface area contributed by atoms with Crippen molar-refractivity contribution >= 4 is 44.8 Å². The first-order valence-corrected chi connectivity index (χ1v) is 9.56. The van der Waals surface area contributed by atoms with Gasteiger partial charge >= 0.3 is 0 Å². The molecule has 9 heteroatoms. The predicted molar refractivity (Wildman–Crippen MR) is 94.8 cm³/mol. The summed E-state index contributed by atoms with van der Waals surface area (Å²) in [4.78, 5) is 13.8. The lowest BCUT2D eigenvalue weighted by Gasteiger charge is -2.23. The van der Waals surface area contributed by atoms with Crippen LogP contribution in [0.4, 0.5) is 5.69 Å². The number of nitrogens with one attached hydrogen (secondary N) is 1. The Kier molecular flexibility index (Phi) is 7.60. The molecule has 6 nitrogen and oxygen atoms in total. The van der Waals surface area contributed by atoms with Gasteiger partial charge in [0.25, 0.3) is 0 Å². The number of anilines is 1. The second-order valence-corrected chi connectivity index (χ2v) is 8.08. The monoisotopic (exact) mass is 381 g/mol. The van der Waals surface area contributed by atoms with Crippen molar-refractivity contribution in [2.75, 3.05) is 44.3 Å². The average Bonchev–Trinajstić information content (AvgIpc) is 2.41. The van der Waals surface area contributed by atoms with Crippen LogP contribution < -0.4 is 9.62 Å². The summed E-state index contributed by atoms with van der Waals surface area (Å²) in [6.45, 7) is 1.21. The van der Waals surface area contributed by atoms with Gasteiger partial charge in [0.05, 0.1) is 17.0 Å². The molecule has 1 rings (SSSR count). The van der Waals surface area contributed by atoms with Crippen LogP contribution in [0, 0.1) is 0 Å². The van der Waals surface area contributed by atoms with Crippen LogP contribution in [0.15, 0.2) is 18.2 Å². The molecule has 1 aromatic carbocycles. The number of carbonyl (C=O) groups excluding carboxylic acids is 1. The molecule has 0 spiro atoms. The van der Waals surface area contributed by atoms with Crippen LogP contribution >= 0.6 is 23.2 Å². The molecule has 1 amide bonds. The Hall–Kier alpha value is -1.02. The normalized spacial score (nSPS) is 11.6. The highest BCUT2D eigenvalue weighted by Gasteiger charge is 2.21. The summed E-state index contributed by atoms with van der Waals surface area (Å²) in [5.74, 6) is -0.223. The van der Waals surface area contributed by atoms with E-state index in [2.05, 4.69) is 5.32 Å². The summed E-state index contributed by atoms with van der Waals surface area (Å²) in [6, 6.07) is 4.56. The maximum absolute atomic E-state index is 12.0. The Morgan fingerprint density at radius 1 is 1.22 bits per heavy atom. The summed E-state index contributed by atoms with van der Waals surface area (Å²) in [7, 11) is 0.218. The van der Waals surface area contributed by atoms with E-state index in [1.807, 2.05) is 19.0 Å². The summed E-state index contributed by atoms with van der Waals surface area (Å²) in [6.07, 6.45) is 1.09. The lowest BCUT2D eigenvalue weighted by molar-refractivity contribution is -0.120. The van der Waals surface area contributed by atoms with Gasteiger partial charge in [0.1, 0.15) is 0 Å². The molecule has 0 heterocycles. The quantitative estimate of drug-likeness (QED) is 0.745. The Labute approximate surface area is 147 Å². The molecular weight excluding hydrogens is 361 g/mol. The zero-order chi connectivity index (χ0) is 17.6. The minimum Gasteiger partial charge on any atom is -0.355 e. The van der Waals surface area contributed by atoms with Crippen molar-refractivity contribution in [1.82, 2.24) is 10.2 Å². The number of hydrogen-bond acceptors (Lipinski definition) is 4. The Morgan fingerprint density at radius 2 is 1.87 bits per heavy atom. The number of benzene rings is 1. The number of nitrogens with zero attached hydrogens (tertiary/aromatic N) is 2. The third kappa shape index (κ3) is 6.95. The topological polar surface area (TPSA) is 69.7 Å². The van der Waals surface area contributed by atoms with Crippen LogP contribution in [0.3, 0.4) is 0 Å². The molecule has 0 saturated heterocycles. The van der Waals surface area contributed by atoms with Crippen LogP contribution in [0.5, 0.6) is 0 Å². The van der Waals surface area contributed by atoms with E-state index in [9.17, 15) is 13.2 Å². The van der Waals surface area contributed by atoms with E-state index < -0.39 is 10.0 Å². The van der Waals surface area contributed by atoms with E-state index in [0.29, 0.717) is 18.1 Å². The summed E-state index contributed by atoms with van der Waals surface area (Å²) in [5.41, 5.74) is 0.266. The van der Waals surface area contributed by atoms with Gasteiger partial charge in [-0.05, 0) is 32.3 Å². The van der Waals surface area contributed by atoms with Gasteiger partial charge in [-0.15, -0.1) is 0 Å². The third-order valence-corrected chi connectivity index (χ3v) is 4.73. The molecule has 0 aliphatic carbocycles. The molecule has 0 atom stereocenters. The molecule has 1 N–H and O–H groups in total. The van der Waals surface area contributed by atoms with Crippen molar-refractivity contribution in [3.63, 3.8) is 0 Å². The van der Waals surface area contributed by atoms with Gasteiger partial charge in [-0.25, -0.2) is 8.42 Å². The van der Waals surface area contributed by atoms with Crippen LogP contribution in [0.2, 0.25) is 10.0 Å². The van der Waals surface area contributed by atoms with Crippen LogP contribution in [0.25, 0.3) is 0 Å². The van der Waals surface area contributed by atoms with Gasteiger partial charge in [-0.1, -0.05) is 23.2 Å². The molecule has 130 valence electrons. The first kappa shape index (κ1) is 20.0. The lowest BCUT2D eigenvalue weighted by atomic mass is 10.3. The van der Waals surface area contributed by atoms with Crippen molar-refractivity contribution in [2.45, 2.75) is 6.42 Å². The zero-order valence-electron chi connectivity index (χ0n) is 13.3. The van der Waals surface area contributed by atoms with Gasteiger partial charge in [0.15, 0.2) is 0 Å². The molecule has 23 heavy (non-hydrogen) atoms. The summed E-state index contributed by atoms with van der Waals surface area (Å²) in [5, 5.41) is 3.36. The molecule has 0 aliphatic heterocycles. The molecule has 0 fully saturated rings. The first-order chi connectivity index (χ1) is 10.6. The van der Waals surface area contributed by atoms with Crippen LogP contribution in [0.1, 0.15) is 6.42 Å². The Bertz CT molecular complexity index is 651. The standard InChI is InChI=1S/C14H21Cl2N3O3S/c1-18(2)9-7-17-14(20)6-8-19(23(3,21)22)13-10-11(15)4-5-12(13)16/h4-5,10H,6-9H2,1-3H3,(H,17,20). The number of hydrogen-bond donors (Lipinski definition) is 1. The van der Waals surface area contributed by atoms with Gasteiger partial charge < -0.3 is 10.2 Å². The molecule has 0 aliphatic rings. The molecule has 0 bridgehead atoms. The fourth-order valence-corrected chi connectivity index (χ4v) is 3.22. The molecular formula is C14H21Cl2N3O3S. The van der Waals surface area contributed by atoms with Crippen LogP contribution in [-0.2, 0) is 14.8 Å². The minimum atomic E-state index is -3.58. The summed E-state index contributed by atoms with van der Waals surface area (Å²) < 4.78 is 25.1. The number of rotatable bonds is 8. The third-order valence-electron chi connectivity index (χ3n) is 3.00. The van der Waals surface area contributed by atoms with Crippen molar-refractivity contribution in [2.24, 2.45) is 0 Å².